The maximum Gasteiger partial charge on any atom is 0.170 e. The Labute approximate surface area is 102 Å². The number of benzene rings is 1. The van der Waals surface area contributed by atoms with Gasteiger partial charge < -0.3 is 0 Å². The molecule has 0 fully saturated rings. The summed E-state index contributed by atoms with van der Waals surface area (Å²) in [6.07, 6.45) is 4.84. The minimum atomic E-state index is 0.0208. The van der Waals surface area contributed by atoms with Crippen molar-refractivity contribution >= 4 is 21.7 Å². The monoisotopic (exact) mass is 276 g/mol. The van der Waals surface area contributed by atoms with Crippen LogP contribution >= 0.6 is 15.9 Å². The Morgan fingerprint density at radius 1 is 1.19 bits per heavy atom. The quantitative estimate of drug-likeness (QED) is 0.810. The normalized spacial score (nSPS) is 10.1. The second-order valence-electron chi connectivity index (χ2n) is 3.32. The third-order valence-electron chi connectivity index (χ3n) is 2.19. The number of rotatable bonds is 3. The molecule has 1 aromatic carbocycles. The van der Waals surface area contributed by atoms with Crippen LogP contribution in [0.5, 0.6) is 0 Å². The SMILES string of the molecule is O=C(Cc1ccccc1Br)c1cncnc1. The summed E-state index contributed by atoms with van der Waals surface area (Å²) >= 11 is 3.41. The van der Waals surface area contributed by atoms with Crippen LogP contribution in [0.25, 0.3) is 0 Å². The number of aromatic nitrogens is 2. The van der Waals surface area contributed by atoms with E-state index in [4.69, 9.17) is 0 Å². The molecule has 16 heavy (non-hydrogen) atoms. The zero-order valence-corrected chi connectivity index (χ0v) is 10.0. The molecule has 3 nitrogen and oxygen atoms in total. The highest BCUT2D eigenvalue weighted by Gasteiger charge is 2.09. The summed E-state index contributed by atoms with van der Waals surface area (Å²) in [7, 11) is 0. The molecule has 1 heterocycles. The molecule has 1 aromatic heterocycles. The van der Waals surface area contributed by atoms with Gasteiger partial charge in [-0.05, 0) is 11.6 Å². The number of ketones is 1. The Kier molecular flexibility index (Phi) is 3.41. The van der Waals surface area contributed by atoms with Gasteiger partial charge in [-0.2, -0.15) is 0 Å². The predicted octanol–water partition coefficient (Wildman–Crippen LogP) is 2.66. The number of halogens is 1. The molecule has 0 saturated heterocycles. The first-order chi connectivity index (χ1) is 7.77. The summed E-state index contributed by atoms with van der Waals surface area (Å²) in [6, 6.07) is 7.68. The highest BCUT2D eigenvalue weighted by Crippen LogP contribution is 2.17. The first-order valence-corrected chi connectivity index (χ1v) is 5.58. The Balaban J connectivity index is 2.18. The van der Waals surface area contributed by atoms with Crippen molar-refractivity contribution in [1.82, 2.24) is 9.97 Å². The Bertz CT molecular complexity index is 499. The minimum Gasteiger partial charge on any atom is -0.294 e. The van der Waals surface area contributed by atoms with Crippen LogP contribution in [-0.2, 0) is 6.42 Å². The van der Waals surface area contributed by atoms with E-state index in [-0.39, 0.29) is 5.78 Å². The topological polar surface area (TPSA) is 42.9 Å². The van der Waals surface area contributed by atoms with Crippen molar-refractivity contribution in [2.45, 2.75) is 6.42 Å². The standard InChI is InChI=1S/C12H9BrN2O/c13-11-4-2-1-3-9(11)5-12(16)10-6-14-8-15-7-10/h1-4,6-8H,5H2. The lowest BCUT2D eigenvalue weighted by Gasteiger charge is -2.02. The molecule has 2 rings (SSSR count). The number of carbonyl (C=O) groups is 1. The second-order valence-corrected chi connectivity index (χ2v) is 4.17. The summed E-state index contributed by atoms with van der Waals surface area (Å²) < 4.78 is 0.945. The maximum atomic E-state index is 11.9. The molecule has 0 aliphatic carbocycles. The van der Waals surface area contributed by atoms with Crippen molar-refractivity contribution in [1.29, 1.82) is 0 Å². The molecule has 0 bridgehead atoms. The molecule has 0 amide bonds. The van der Waals surface area contributed by atoms with Gasteiger partial charge in [0.05, 0.1) is 5.56 Å². The van der Waals surface area contributed by atoms with Gasteiger partial charge in [-0.25, -0.2) is 9.97 Å². The smallest absolute Gasteiger partial charge is 0.170 e. The lowest BCUT2D eigenvalue weighted by molar-refractivity contribution is 0.0992. The van der Waals surface area contributed by atoms with Gasteiger partial charge in [-0.1, -0.05) is 34.1 Å². The fraction of sp³-hybridized carbons (Fsp3) is 0.0833. The van der Waals surface area contributed by atoms with Gasteiger partial charge in [0.15, 0.2) is 5.78 Å². The Morgan fingerprint density at radius 3 is 2.56 bits per heavy atom. The molecule has 0 radical (unpaired) electrons. The molecule has 0 atom stereocenters. The molecule has 0 N–H and O–H groups in total. The van der Waals surface area contributed by atoms with E-state index < -0.39 is 0 Å². The lowest BCUT2D eigenvalue weighted by atomic mass is 10.1. The van der Waals surface area contributed by atoms with E-state index in [0.717, 1.165) is 10.0 Å². The van der Waals surface area contributed by atoms with Crippen molar-refractivity contribution in [3.8, 4) is 0 Å². The van der Waals surface area contributed by atoms with E-state index in [1.807, 2.05) is 24.3 Å². The largest absolute Gasteiger partial charge is 0.294 e. The molecule has 0 aliphatic rings. The van der Waals surface area contributed by atoms with Crippen LogP contribution in [0.4, 0.5) is 0 Å². The Morgan fingerprint density at radius 2 is 1.88 bits per heavy atom. The highest BCUT2D eigenvalue weighted by atomic mass is 79.9. The van der Waals surface area contributed by atoms with Crippen LogP contribution in [0.3, 0.4) is 0 Å². The molecular formula is C12H9BrN2O. The van der Waals surface area contributed by atoms with Crippen molar-refractivity contribution in [2.24, 2.45) is 0 Å². The van der Waals surface area contributed by atoms with Gasteiger partial charge in [0.25, 0.3) is 0 Å². The van der Waals surface area contributed by atoms with Crippen molar-refractivity contribution in [2.75, 3.05) is 0 Å². The van der Waals surface area contributed by atoms with Crippen LogP contribution in [0.1, 0.15) is 15.9 Å². The molecular weight excluding hydrogens is 268 g/mol. The first kappa shape index (κ1) is 11.0. The predicted molar refractivity (Wildman–Crippen MR) is 64.2 cm³/mol. The zero-order chi connectivity index (χ0) is 11.4. The van der Waals surface area contributed by atoms with E-state index >= 15 is 0 Å². The van der Waals surface area contributed by atoms with E-state index in [9.17, 15) is 4.79 Å². The van der Waals surface area contributed by atoms with Crippen molar-refractivity contribution in [3.05, 3.63) is 58.6 Å². The summed E-state index contributed by atoms with van der Waals surface area (Å²) in [5, 5.41) is 0. The zero-order valence-electron chi connectivity index (χ0n) is 8.43. The van der Waals surface area contributed by atoms with Gasteiger partial charge >= 0.3 is 0 Å². The van der Waals surface area contributed by atoms with E-state index in [1.165, 1.54) is 18.7 Å². The van der Waals surface area contributed by atoms with Gasteiger partial charge in [-0.15, -0.1) is 0 Å². The molecule has 80 valence electrons. The highest BCUT2D eigenvalue weighted by molar-refractivity contribution is 9.10. The van der Waals surface area contributed by atoms with Gasteiger partial charge in [-0.3, -0.25) is 4.79 Å². The third kappa shape index (κ3) is 2.52. The summed E-state index contributed by atoms with van der Waals surface area (Å²) in [6.45, 7) is 0. The second kappa shape index (κ2) is 4.99. The van der Waals surface area contributed by atoms with Crippen LogP contribution in [0.2, 0.25) is 0 Å². The lowest BCUT2D eigenvalue weighted by Crippen LogP contribution is -2.04. The Hall–Kier alpha value is -1.55. The fourth-order valence-electron chi connectivity index (χ4n) is 1.36. The molecule has 4 heteroatoms. The number of carbonyl (C=O) groups excluding carboxylic acids is 1. The van der Waals surface area contributed by atoms with Crippen LogP contribution in [0.15, 0.2) is 47.5 Å². The van der Waals surface area contributed by atoms with Crippen molar-refractivity contribution < 1.29 is 4.79 Å². The van der Waals surface area contributed by atoms with E-state index in [2.05, 4.69) is 25.9 Å². The van der Waals surface area contributed by atoms with E-state index in [0.29, 0.717) is 12.0 Å². The van der Waals surface area contributed by atoms with Gasteiger partial charge in [0.2, 0.25) is 0 Å². The summed E-state index contributed by atoms with van der Waals surface area (Å²) in [4.78, 5) is 19.5. The summed E-state index contributed by atoms with van der Waals surface area (Å²) in [5.74, 6) is 0.0208. The first-order valence-electron chi connectivity index (χ1n) is 4.79. The van der Waals surface area contributed by atoms with Gasteiger partial charge in [0.1, 0.15) is 6.33 Å². The van der Waals surface area contributed by atoms with Crippen LogP contribution < -0.4 is 0 Å². The van der Waals surface area contributed by atoms with Crippen molar-refractivity contribution in [3.63, 3.8) is 0 Å². The minimum absolute atomic E-state index is 0.0208. The number of hydrogen-bond acceptors (Lipinski definition) is 3. The molecule has 0 spiro atoms. The van der Waals surface area contributed by atoms with E-state index in [1.54, 1.807) is 0 Å². The maximum absolute atomic E-state index is 11.9. The number of Topliss-reactive ketones (excluding diaryl/α,β-unsaturated/α-hetero) is 1. The average molecular weight is 277 g/mol. The molecule has 0 aliphatic heterocycles. The fourth-order valence-corrected chi connectivity index (χ4v) is 1.78. The van der Waals surface area contributed by atoms with Gasteiger partial charge in [0, 0.05) is 23.3 Å². The average Bonchev–Trinajstić information content (AvgIpc) is 2.33. The number of nitrogens with zero attached hydrogens (tertiary/aromatic N) is 2. The van der Waals surface area contributed by atoms with Crippen LogP contribution in [-0.4, -0.2) is 15.8 Å². The molecule has 0 saturated carbocycles. The molecule has 2 aromatic rings. The third-order valence-corrected chi connectivity index (χ3v) is 2.97. The molecule has 0 unspecified atom stereocenters. The van der Waals surface area contributed by atoms with Crippen LogP contribution in [0, 0.1) is 0 Å². The summed E-state index contributed by atoms with van der Waals surface area (Å²) in [5.41, 5.74) is 1.51. The number of hydrogen-bond donors (Lipinski definition) is 0.